The number of hydrogen-bond donors (Lipinski definition) is 1. The number of carbonyl (C=O) groups is 1. The Morgan fingerprint density at radius 2 is 1.89 bits per heavy atom. The molecular formula is C19H14F3N3O2S. The molecule has 1 aromatic heterocycles. The molecule has 0 saturated heterocycles. The van der Waals surface area contributed by atoms with E-state index in [9.17, 15) is 18.0 Å². The summed E-state index contributed by atoms with van der Waals surface area (Å²) < 4.78 is 46.4. The fraction of sp³-hybridized carbons (Fsp3) is 0.105. The van der Waals surface area contributed by atoms with Crippen molar-refractivity contribution in [1.82, 2.24) is 9.78 Å². The number of ether oxygens (including phenoxy) is 1. The van der Waals surface area contributed by atoms with E-state index in [1.807, 2.05) is 6.07 Å². The van der Waals surface area contributed by atoms with Crippen LogP contribution in [0, 0.1) is 22.0 Å². The highest BCUT2D eigenvalue weighted by Gasteiger charge is 2.12. The zero-order chi connectivity index (χ0) is 20.3. The van der Waals surface area contributed by atoms with Crippen molar-refractivity contribution in [2.75, 3.05) is 12.4 Å². The van der Waals surface area contributed by atoms with Crippen LogP contribution in [0.25, 0.3) is 5.69 Å². The van der Waals surface area contributed by atoms with Crippen molar-refractivity contribution in [2.24, 2.45) is 0 Å². The second kappa shape index (κ2) is 8.22. The van der Waals surface area contributed by atoms with Crippen LogP contribution in [0.1, 0.15) is 11.3 Å². The Balaban J connectivity index is 1.92. The van der Waals surface area contributed by atoms with Crippen molar-refractivity contribution in [3.8, 4) is 5.69 Å². The van der Waals surface area contributed by atoms with E-state index in [2.05, 4.69) is 15.2 Å². The van der Waals surface area contributed by atoms with Gasteiger partial charge in [-0.25, -0.2) is 22.6 Å². The van der Waals surface area contributed by atoms with Gasteiger partial charge in [0.2, 0.25) is 0 Å². The maximum Gasteiger partial charge on any atom is 0.411 e. The SMILES string of the molecule is COC(=O)Nc1cccc(Cc2nn(-c3cc(F)c(F)c(F)c3)ccc2=S)c1. The lowest BCUT2D eigenvalue weighted by Gasteiger charge is -2.10. The molecule has 9 heteroatoms. The number of anilines is 1. The summed E-state index contributed by atoms with van der Waals surface area (Å²) in [5.74, 6) is -4.16. The highest BCUT2D eigenvalue weighted by molar-refractivity contribution is 7.71. The molecule has 0 radical (unpaired) electrons. The van der Waals surface area contributed by atoms with Gasteiger partial charge < -0.3 is 4.74 Å². The lowest BCUT2D eigenvalue weighted by Crippen LogP contribution is -2.11. The van der Waals surface area contributed by atoms with Crippen LogP contribution in [0.2, 0.25) is 0 Å². The Labute approximate surface area is 163 Å². The first-order valence-electron chi connectivity index (χ1n) is 8.05. The highest BCUT2D eigenvalue weighted by atomic mass is 32.1. The highest BCUT2D eigenvalue weighted by Crippen LogP contribution is 2.18. The Hall–Kier alpha value is -3.20. The standard InChI is InChI=1S/C19H14F3N3O2S/c1-27-19(26)23-12-4-2-3-11(7-12)8-16-17(28)5-6-25(24-16)13-9-14(20)18(22)15(21)10-13/h2-7,9-10H,8H2,1H3,(H,23,26). The molecule has 144 valence electrons. The molecule has 0 aliphatic carbocycles. The fourth-order valence-electron chi connectivity index (χ4n) is 2.51. The molecule has 2 aromatic carbocycles. The van der Waals surface area contributed by atoms with Crippen molar-refractivity contribution >= 4 is 24.0 Å². The smallest absolute Gasteiger partial charge is 0.411 e. The second-order valence-electron chi connectivity index (χ2n) is 5.79. The number of aromatic nitrogens is 2. The molecular weight excluding hydrogens is 391 g/mol. The Morgan fingerprint density at radius 3 is 2.57 bits per heavy atom. The van der Waals surface area contributed by atoms with Crippen LogP contribution < -0.4 is 5.32 Å². The zero-order valence-corrected chi connectivity index (χ0v) is 15.4. The van der Waals surface area contributed by atoms with Gasteiger partial charge in [0.1, 0.15) is 0 Å². The van der Waals surface area contributed by atoms with Gasteiger partial charge in [0.05, 0.1) is 23.0 Å². The van der Waals surface area contributed by atoms with E-state index in [4.69, 9.17) is 12.2 Å². The van der Waals surface area contributed by atoms with Gasteiger partial charge >= 0.3 is 6.09 Å². The summed E-state index contributed by atoms with van der Waals surface area (Å²) in [6, 6.07) is 10.2. The number of halogens is 3. The molecule has 0 bridgehead atoms. The lowest BCUT2D eigenvalue weighted by atomic mass is 10.1. The van der Waals surface area contributed by atoms with Crippen LogP contribution in [-0.2, 0) is 11.2 Å². The summed E-state index contributed by atoms with van der Waals surface area (Å²) in [5.41, 5.74) is 1.81. The van der Waals surface area contributed by atoms with Gasteiger partial charge in [0.25, 0.3) is 0 Å². The van der Waals surface area contributed by atoms with Crippen LogP contribution in [0.5, 0.6) is 0 Å². The van der Waals surface area contributed by atoms with Crippen LogP contribution in [-0.4, -0.2) is 23.0 Å². The molecule has 1 heterocycles. The number of hydrogen-bond acceptors (Lipinski definition) is 4. The summed E-state index contributed by atoms with van der Waals surface area (Å²) in [5, 5.41) is 6.86. The van der Waals surface area contributed by atoms with Crippen molar-refractivity contribution < 1.29 is 22.7 Å². The van der Waals surface area contributed by atoms with Gasteiger partial charge in [-0.15, -0.1) is 0 Å². The van der Waals surface area contributed by atoms with E-state index in [0.29, 0.717) is 22.3 Å². The number of nitrogens with one attached hydrogen (secondary N) is 1. The molecule has 0 atom stereocenters. The van der Waals surface area contributed by atoms with Gasteiger partial charge in [-0.3, -0.25) is 5.32 Å². The molecule has 3 rings (SSSR count). The van der Waals surface area contributed by atoms with E-state index in [1.165, 1.54) is 18.0 Å². The lowest BCUT2D eigenvalue weighted by molar-refractivity contribution is 0.187. The van der Waals surface area contributed by atoms with Gasteiger partial charge in [-0.1, -0.05) is 24.4 Å². The molecule has 1 amide bonds. The van der Waals surface area contributed by atoms with Crippen LogP contribution in [0.4, 0.5) is 23.7 Å². The molecule has 0 saturated carbocycles. The van der Waals surface area contributed by atoms with Crippen LogP contribution >= 0.6 is 12.2 Å². The molecule has 0 unspecified atom stereocenters. The molecule has 0 spiro atoms. The first kappa shape index (κ1) is 19.6. The van der Waals surface area contributed by atoms with Gasteiger partial charge in [-0.05, 0) is 23.8 Å². The molecule has 3 aromatic rings. The van der Waals surface area contributed by atoms with Gasteiger partial charge in [-0.2, -0.15) is 5.10 Å². The molecule has 0 aliphatic rings. The Morgan fingerprint density at radius 1 is 1.18 bits per heavy atom. The van der Waals surface area contributed by atoms with Gasteiger partial charge in [0, 0.05) is 30.4 Å². The van der Waals surface area contributed by atoms with Crippen molar-refractivity contribution in [2.45, 2.75) is 6.42 Å². The van der Waals surface area contributed by atoms with Crippen LogP contribution in [0.3, 0.4) is 0 Å². The van der Waals surface area contributed by atoms with Crippen LogP contribution in [0.15, 0.2) is 48.7 Å². The first-order valence-corrected chi connectivity index (χ1v) is 8.46. The maximum atomic E-state index is 13.5. The van der Waals surface area contributed by atoms with E-state index >= 15 is 0 Å². The zero-order valence-electron chi connectivity index (χ0n) is 14.6. The van der Waals surface area contributed by atoms with E-state index in [0.717, 1.165) is 17.7 Å². The minimum absolute atomic E-state index is 0.0220. The number of carbonyl (C=O) groups excluding carboxylic acids is 1. The minimum atomic E-state index is -1.54. The summed E-state index contributed by atoms with van der Waals surface area (Å²) in [6.45, 7) is 0. The first-order chi connectivity index (χ1) is 13.4. The number of rotatable bonds is 4. The third kappa shape index (κ3) is 4.37. The number of benzene rings is 2. The quantitative estimate of drug-likeness (QED) is 0.501. The predicted octanol–water partition coefficient (Wildman–Crippen LogP) is 4.79. The monoisotopic (exact) mass is 405 g/mol. The molecule has 1 N–H and O–H groups in total. The Kier molecular flexibility index (Phi) is 5.74. The van der Waals surface area contributed by atoms with E-state index in [1.54, 1.807) is 24.3 Å². The molecule has 5 nitrogen and oxygen atoms in total. The predicted molar refractivity (Wildman–Crippen MR) is 99.5 cm³/mol. The maximum absolute atomic E-state index is 13.5. The van der Waals surface area contributed by atoms with Crippen molar-refractivity contribution in [1.29, 1.82) is 0 Å². The average molecular weight is 405 g/mol. The number of nitrogens with zero attached hydrogens (tertiary/aromatic N) is 2. The third-order valence-electron chi connectivity index (χ3n) is 3.84. The summed E-state index contributed by atoms with van der Waals surface area (Å²) in [7, 11) is 1.26. The summed E-state index contributed by atoms with van der Waals surface area (Å²) >= 11 is 5.28. The van der Waals surface area contributed by atoms with E-state index in [-0.39, 0.29) is 5.69 Å². The fourth-order valence-corrected chi connectivity index (χ4v) is 2.68. The largest absolute Gasteiger partial charge is 0.453 e. The minimum Gasteiger partial charge on any atom is -0.453 e. The van der Waals surface area contributed by atoms with E-state index < -0.39 is 23.5 Å². The average Bonchev–Trinajstić information content (AvgIpc) is 2.67. The number of methoxy groups -OCH3 is 1. The van der Waals surface area contributed by atoms with Crippen molar-refractivity contribution in [3.05, 3.63) is 81.9 Å². The third-order valence-corrected chi connectivity index (χ3v) is 4.22. The Bertz CT molecular complexity index is 1080. The van der Waals surface area contributed by atoms with Crippen molar-refractivity contribution in [3.63, 3.8) is 0 Å². The number of amides is 1. The summed E-state index contributed by atoms with van der Waals surface area (Å²) in [4.78, 5) is 11.3. The second-order valence-corrected chi connectivity index (χ2v) is 6.23. The molecule has 0 fully saturated rings. The summed E-state index contributed by atoms with van der Waals surface area (Å²) in [6.07, 6.45) is 1.15. The normalized spacial score (nSPS) is 10.6. The van der Waals surface area contributed by atoms with Gasteiger partial charge in [0.15, 0.2) is 17.5 Å². The molecule has 0 aliphatic heterocycles. The topological polar surface area (TPSA) is 56.1 Å². The molecule has 28 heavy (non-hydrogen) atoms.